The van der Waals surface area contributed by atoms with Crippen LogP contribution in [-0.2, 0) is 13.0 Å². The maximum Gasteiger partial charge on any atom is 0.428 e. The second-order valence-electron chi connectivity index (χ2n) is 6.82. The molecule has 0 aliphatic rings. The highest BCUT2D eigenvalue weighted by Gasteiger charge is 2.20. The van der Waals surface area contributed by atoms with Crippen molar-refractivity contribution in [3.05, 3.63) is 112 Å². The number of carboxylic acid groups (broad SMARTS) is 1. The van der Waals surface area contributed by atoms with Gasteiger partial charge in [-0.15, -0.1) is 4.79 Å². The number of benzene rings is 3. The van der Waals surface area contributed by atoms with Crippen molar-refractivity contribution in [2.45, 2.75) is 13.0 Å². The van der Waals surface area contributed by atoms with Crippen LogP contribution in [0.15, 0.2) is 83.7 Å². The third-order valence-corrected chi connectivity index (χ3v) is 4.77. The second kappa shape index (κ2) is 8.16. The van der Waals surface area contributed by atoms with E-state index in [-0.39, 0.29) is 12.4 Å². The van der Waals surface area contributed by atoms with Crippen molar-refractivity contribution in [3.63, 3.8) is 0 Å². The lowest BCUT2D eigenvalue weighted by Crippen LogP contribution is -2.47. The van der Waals surface area contributed by atoms with Crippen LogP contribution in [0.4, 0.5) is 9.18 Å². The fourth-order valence-electron chi connectivity index (χ4n) is 3.30. The molecule has 0 aliphatic carbocycles. The molecule has 3 aromatic carbocycles. The fourth-order valence-corrected chi connectivity index (χ4v) is 3.30. The normalized spacial score (nSPS) is 10.8. The van der Waals surface area contributed by atoms with Gasteiger partial charge >= 0.3 is 6.09 Å². The minimum atomic E-state index is -1.29. The molecule has 1 amide bonds. The van der Waals surface area contributed by atoms with E-state index in [1.807, 2.05) is 6.07 Å². The maximum atomic E-state index is 13.3. The molecule has 150 valence electrons. The third kappa shape index (κ3) is 3.91. The second-order valence-corrected chi connectivity index (χ2v) is 6.82. The van der Waals surface area contributed by atoms with Gasteiger partial charge < -0.3 is 5.11 Å². The van der Waals surface area contributed by atoms with Crippen LogP contribution >= 0.6 is 0 Å². The van der Waals surface area contributed by atoms with E-state index in [1.54, 1.807) is 60.7 Å². The Bertz CT molecular complexity index is 1250. The lowest BCUT2D eigenvalue weighted by Gasteiger charge is -2.21. The Labute approximate surface area is 171 Å². The molecule has 0 fully saturated rings. The lowest BCUT2D eigenvalue weighted by molar-refractivity contribution is 0.191. The van der Waals surface area contributed by atoms with Crippen LogP contribution in [0.25, 0.3) is 10.8 Å². The average Bonchev–Trinajstić information content (AvgIpc) is 2.76. The zero-order valence-corrected chi connectivity index (χ0v) is 15.9. The Hall–Kier alpha value is -4.00. The topological polar surface area (TPSA) is 75.4 Å². The van der Waals surface area contributed by atoms with E-state index in [2.05, 4.69) is 5.10 Å². The maximum absolute atomic E-state index is 13.3. The van der Waals surface area contributed by atoms with Crippen molar-refractivity contribution in [3.8, 4) is 0 Å². The molecule has 0 radical (unpaired) electrons. The van der Waals surface area contributed by atoms with Crippen LogP contribution in [0.1, 0.15) is 16.8 Å². The Kier molecular flexibility index (Phi) is 5.26. The number of amides is 1. The number of fused-ring (bicyclic) bond motifs is 1. The number of hydrogen-bond acceptors (Lipinski definition) is 3. The smallest absolute Gasteiger partial charge is 0.428 e. The number of aromatic nitrogens is 2. The number of hydrogen-bond donors (Lipinski definition) is 1. The van der Waals surface area contributed by atoms with Crippen molar-refractivity contribution in [2.75, 3.05) is 5.01 Å². The van der Waals surface area contributed by atoms with Crippen LogP contribution in [0.5, 0.6) is 0 Å². The minimum Gasteiger partial charge on any atom is -0.464 e. The molecule has 4 aromatic rings. The number of nitrogens with zero attached hydrogens (tertiary/aromatic N) is 3. The Balaban J connectivity index is 1.84. The van der Waals surface area contributed by atoms with Gasteiger partial charge in [-0.3, -0.25) is 4.79 Å². The highest BCUT2D eigenvalue weighted by molar-refractivity contribution is 5.84. The van der Waals surface area contributed by atoms with E-state index in [9.17, 15) is 19.1 Å². The van der Waals surface area contributed by atoms with Crippen molar-refractivity contribution in [2.24, 2.45) is 0 Å². The first-order chi connectivity index (χ1) is 14.5. The zero-order chi connectivity index (χ0) is 21.1. The van der Waals surface area contributed by atoms with E-state index >= 15 is 0 Å². The summed E-state index contributed by atoms with van der Waals surface area (Å²) in [7, 11) is 0. The first-order valence-corrected chi connectivity index (χ1v) is 9.33. The largest absolute Gasteiger partial charge is 0.464 e. The molecule has 0 saturated heterocycles. The summed E-state index contributed by atoms with van der Waals surface area (Å²) in [5.74, 6) is -0.346. The third-order valence-electron chi connectivity index (χ3n) is 4.77. The van der Waals surface area contributed by atoms with Crippen LogP contribution in [0, 0.1) is 5.82 Å². The van der Waals surface area contributed by atoms with E-state index in [1.165, 1.54) is 12.1 Å². The molecule has 0 saturated carbocycles. The summed E-state index contributed by atoms with van der Waals surface area (Å²) in [5.41, 5.74) is 1.52. The van der Waals surface area contributed by atoms with Gasteiger partial charge in [0.2, 0.25) is 0 Å². The van der Waals surface area contributed by atoms with Gasteiger partial charge in [0.25, 0.3) is 5.56 Å². The Morgan fingerprint density at radius 1 is 0.900 bits per heavy atom. The standard InChI is InChI=1S/C23H18FN3O3/c24-18-12-10-16(11-13-18)14-21-19-8-4-5-9-20(19)22(28)27(25-21)26(23(29)30)15-17-6-2-1-3-7-17/h1-13H,14-15H2,(H,29,30). The molecule has 1 N–H and O–H groups in total. The van der Waals surface area contributed by atoms with Crippen molar-refractivity contribution < 1.29 is 14.3 Å². The highest BCUT2D eigenvalue weighted by Crippen LogP contribution is 2.18. The van der Waals surface area contributed by atoms with Gasteiger partial charge in [0.1, 0.15) is 5.82 Å². The number of rotatable bonds is 5. The van der Waals surface area contributed by atoms with Crippen LogP contribution in [0.3, 0.4) is 0 Å². The molecule has 0 bridgehead atoms. The van der Waals surface area contributed by atoms with Gasteiger partial charge in [-0.05, 0) is 29.3 Å². The highest BCUT2D eigenvalue weighted by atomic mass is 19.1. The van der Waals surface area contributed by atoms with Crippen LogP contribution in [-0.4, -0.2) is 21.1 Å². The van der Waals surface area contributed by atoms with Gasteiger partial charge in [0.15, 0.2) is 0 Å². The molecule has 1 aromatic heterocycles. The molecule has 1 heterocycles. The summed E-state index contributed by atoms with van der Waals surface area (Å²) in [5, 5.41) is 16.1. The summed E-state index contributed by atoms with van der Waals surface area (Å²) >= 11 is 0. The van der Waals surface area contributed by atoms with Crippen LogP contribution < -0.4 is 10.6 Å². The van der Waals surface area contributed by atoms with Gasteiger partial charge in [-0.1, -0.05) is 60.7 Å². The number of carbonyl (C=O) groups is 1. The zero-order valence-electron chi connectivity index (χ0n) is 15.9. The molecular formula is C23H18FN3O3. The molecule has 0 atom stereocenters. The number of halogens is 1. The lowest BCUT2D eigenvalue weighted by atomic mass is 10.0. The molecule has 0 unspecified atom stereocenters. The van der Waals surface area contributed by atoms with Crippen LogP contribution in [0.2, 0.25) is 0 Å². The molecule has 0 aliphatic heterocycles. The average molecular weight is 403 g/mol. The summed E-state index contributed by atoms with van der Waals surface area (Å²) < 4.78 is 13.3. The minimum absolute atomic E-state index is 0.0303. The van der Waals surface area contributed by atoms with Crippen molar-refractivity contribution in [1.82, 2.24) is 9.89 Å². The van der Waals surface area contributed by atoms with Gasteiger partial charge in [0.05, 0.1) is 17.6 Å². The van der Waals surface area contributed by atoms with E-state index in [0.29, 0.717) is 22.9 Å². The van der Waals surface area contributed by atoms with E-state index in [4.69, 9.17) is 0 Å². The Morgan fingerprint density at radius 3 is 2.20 bits per heavy atom. The monoisotopic (exact) mass is 403 g/mol. The quantitative estimate of drug-likeness (QED) is 0.548. The molecule has 7 heteroatoms. The SMILES string of the molecule is O=C(O)N(Cc1ccccc1)n1nc(Cc2ccc(F)cc2)c2ccccc2c1=O. The first kappa shape index (κ1) is 19.3. The van der Waals surface area contributed by atoms with Gasteiger partial charge in [-0.25, -0.2) is 9.18 Å². The Morgan fingerprint density at radius 2 is 1.53 bits per heavy atom. The summed E-state index contributed by atoms with van der Waals surface area (Å²) in [6, 6.07) is 21.9. The first-order valence-electron chi connectivity index (χ1n) is 9.33. The predicted octanol–water partition coefficient (Wildman–Crippen LogP) is 3.94. The fraction of sp³-hybridized carbons (Fsp3) is 0.0870. The summed E-state index contributed by atoms with van der Waals surface area (Å²) in [4.78, 5) is 25.9. The molecular weight excluding hydrogens is 385 g/mol. The molecule has 30 heavy (non-hydrogen) atoms. The van der Waals surface area contributed by atoms with E-state index < -0.39 is 11.7 Å². The molecule has 0 spiro atoms. The molecule has 4 rings (SSSR count). The predicted molar refractivity (Wildman–Crippen MR) is 112 cm³/mol. The van der Waals surface area contributed by atoms with Crippen molar-refractivity contribution >= 4 is 16.9 Å². The van der Waals surface area contributed by atoms with Crippen molar-refractivity contribution in [1.29, 1.82) is 0 Å². The summed E-state index contributed by atoms with van der Waals surface area (Å²) in [6.45, 7) is -0.0303. The van der Waals surface area contributed by atoms with Gasteiger partial charge in [-0.2, -0.15) is 10.1 Å². The summed E-state index contributed by atoms with van der Waals surface area (Å²) in [6.07, 6.45) is -0.976. The van der Waals surface area contributed by atoms with E-state index in [0.717, 1.165) is 20.9 Å². The molecule has 6 nitrogen and oxygen atoms in total. The van der Waals surface area contributed by atoms with Gasteiger partial charge in [0, 0.05) is 11.8 Å².